The van der Waals surface area contributed by atoms with Crippen LogP contribution in [-0.2, 0) is 4.74 Å². The van der Waals surface area contributed by atoms with Crippen LogP contribution in [0.15, 0.2) is 10.8 Å². The Morgan fingerprint density at radius 1 is 1.69 bits per heavy atom. The summed E-state index contributed by atoms with van der Waals surface area (Å²) in [6.07, 6.45) is 1.55. The first-order chi connectivity index (χ1) is 6.24. The van der Waals surface area contributed by atoms with E-state index in [1.807, 2.05) is 0 Å². The lowest BCUT2D eigenvalue weighted by molar-refractivity contribution is 0.210. The summed E-state index contributed by atoms with van der Waals surface area (Å²) in [5.41, 5.74) is 5.57. The summed E-state index contributed by atoms with van der Waals surface area (Å²) in [6, 6.07) is 0. The van der Waals surface area contributed by atoms with Crippen LogP contribution in [0, 0.1) is 0 Å². The third-order valence-corrected chi connectivity index (χ3v) is 1.75. The number of aromatic nitrogens is 2. The van der Waals surface area contributed by atoms with Gasteiger partial charge in [0.15, 0.2) is 11.6 Å². The molecule has 0 spiro atoms. The maximum atomic E-state index is 5.57. The Labute approximate surface area is 84.8 Å². The van der Waals surface area contributed by atoms with Gasteiger partial charge in [0.05, 0.1) is 12.8 Å². The topological polar surface area (TPSA) is 73.1 Å². The first kappa shape index (κ1) is 10.2. The van der Waals surface area contributed by atoms with E-state index in [9.17, 15) is 0 Å². The summed E-state index contributed by atoms with van der Waals surface area (Å²) in [7, 11) is 1.64. The smallest absolute Gasteiger partial charge is 0.170 e. The van der Waals surface area contributed by atoms with Gasteiger partial charge in [-0.3, -0.25) is 0 Å². The Morgan fingerprint density at radius 3 is 3.15 bits per heavy atom. The zero-order valence-electron chi connectivity index (χ0n) is 7.25. The number of nitrogens with zero attached hydrogens (tertiary/aromatic N) is 2. The minimum Gasteiger partial charge on any atom is -0.383 e. The third kappa shape index (κ3) is 3.16. The van der Waals surface area contributed by atoms with Crippen LogP contribution in [0.5, 0.6) is 0 Å². The van der Waals surface area contributed by atoms with Crippen molar-refractivity contribution >= 4 is 27.6 Å². The van der Waals surface area contributed by atoms with Crippen LogP contribution in [0.2, 0.25) is 0 Å². The maximum Gasteiger partial charge on any atom is 0.170 e. The van der Waals surface area contributed by atoms with Crippen molar-refractivity contribution in [2.75, 3.05) is 31.3 Å². The molecule has 0 saturated heterocycles. The van der Waals surface area contributed by atoms with Gasteiger partial charge in [-0.1, -0.05) is 0 Å². The molecular weight excluding hydrogens is 236 g/mol. The van der Waals surface area contributed by atoms with E-state index >= 15 is 0 Å². The lowest BCUT2D eigenvalue weighted by Gasteiger charge is -2.06. The summed E-state index contributed by atoms with van der Waals surface area (Å²) in [4.78, 5) is 8.03. The van der Waals surface area contributed by atoms with Crippen LogP contribution in [0.4, 0.5) is 11.6 Å². The fourth-order valence-corrected chi connectivity index (χ4v) is 1.06. The number of nitrogens with two attached hydrogens (primary N) is 1. The van der Waals surface area contributed by atoms with Gasteiger partial charge in [0.2, 0.25) is 0 Å². The molecule has 0 radical (unpaired) electrons. The van der Waals surface area contributed by atoms with Gasteiger partial charge in [0, 0.05) is 13.7 Å². The molecule has 1 aromatic rings. The van der Waals surface area contributed by atoms with E-state index in [1.54, 1.807) is 13.3 Å². The number of hydrogen-bond donors (Lipinski definition) is 2. The molecule has 0 aliphatic rings. The van der Waals surface area contributed by atoms with Gasteiger partial charge in [-0.25, -0.2) is 9.97 Å². The highest BCUT2D eigenvalue weighted by atomic mass is 79.9. The third-order valence-electron chi connectivity index (χ3n) is 1.37. The van der Waals surface area contributed by atoms with Crippen LogP contribution >= 0.6 is 15.9 Å². The average Bonchev–Trinajstić information content (AvgIpc) is 2.11. The highest BCUT2D eigenvalue weighted by molar-refractivity contribution is 9.10. The zero-order chi connectivity index (χ0) is 9.68. The van der Waals surface area contributed by atoms with Crippen molar-refractivity contribution < 1.29 is 4.74 Å². The molecule has 0 aliphatic heterocycles. The molecule has 0 fully saturated rings. The quantitative estimate of drug-likeness (QED) is 0.772. The number of nitrogen functional groups attached to an aromatic ring is 1. The number of ether oxygens (including phenoxy) is 1. The number of methoxy groups -OCH3 is 1. The summed E-state index contributed by atoms with van der Waals surface area (Å²) in [5, 5.41) is 3.00. The molecule has 0 aromatic carbocycles. The van der Waals surface area contributed by atoms with Crippen molar-refractivity contribution in [1.82, 2.24) is 9.97 Å². The Kier molecular flexibility index (Phi) is 3.91. The second-order valence-electron chi connectivity index (χ2n) is 2.35. The summed E-state index contributed by atoms with van der Waals surface area (Å²) in [6.45, 7) is 1.26. The molecule has 0 atom stereocenters. The number of hydrogen-bond acceptors (Lipinski definition) is 5. The molecule has 5 nitrogen and oxygen atoms in total. The van der Waals surface area contributed by atoms with Gasteiger partial charge in [-0.05, 0) is 15.9 Å². The van der Waals surface area contributed by atoms with Gasteiger partial charge < -0.3 is 15.8 Å². The number of halogens is 1. The Balaban J connectivity index is 2.59. The van der Waals surface area contributed by atoms with Crippen molar-refractivity contribution in [3.8, 4) is 0 Å². The van der Waals surface area contributed by atoms with E-state index in [4.69, 9.17) is 10.5 Å². The predicted molar refractivity (Wildman–Crippen MR) is 54.5 cm³/mol. The fraction of sp³-hybridized carbons (Fsp3) is 0.429. The van der Waals surface area contributed by atoms with Crippen LogP contribution in [-0.4, -0.2) is 30.2 Å². The maximum absolute atomic E-state index is 5.57. The minimum absolute atomic E-state index is 0.388. The van der Waals surface area contributed by atoms with Gasteiger partial charge in [0.25, 0.3) is 0 Å². The van der Waals surface area contributed by atoms with Crippen molar-refractivity contribution in [3.63, 3.8) is 0 Å². The van der Waals surface area contributed by atoms with E-state index in [1.165, 1.54) is 0 Å². The van der Waals surface area contributed by atoms with E-state index < -0.39 is 0 Å². The number of nitrogens with one attached hydrogen (secondary N) is 1. The first-order valence-corrected chi connectivity index (χ1v) is 4.54. The van der Waals surface area contributed by atoms with Crippen molar-refractivity contribution in [2.24, 2.45) is 0 Å². The monoisotopic (exact) mass is 246 g/mol. The standard InChI is InChI=1S/C7H11BrN4O/c1-13-3-2-10-7-6(9)11-4-5(8)12-7/h4H,2-3H2,1H3,(H2,9,11)(H,10,12). The van der Waals surface area contributed by atoms with Gasteiger partial charge in [-0.15, -0.1) is 0 Å². The largest absolute Gasteiger partial charge is 0.383 e. The molecule has 13 heavy (non-hydrogen) atoms. The van der Waals surface area contributed by atoms with E-state index in [-0.39, 0.29) is 0 Å². The summed E-state index contributed by atoms with van der Waals surface area (Å²) < 4.78 is 5.52. The fourth-order valence-electron chi connectivity index (χ4n) is 0.778. The molecule has 6 heteroatoms. The van der Waals surface area contributed by atoms with E-state index in [0.29, 0.717) is 29.4 Å². The molecule has 1 aromatic heterocycles. The van der Waals surface area contributed by atoms with Crippen LogP contribution < -0.4 is 11.1 Å². The molecule has 0 unspecified atom stereocenters. The Bertz CT molecular complexity index is 281. The SMILES string of the molecule is COCCNc1nc(Br)cnc1N. The van der Waals surface area contributed by atoms with E-state index in [2.05, 4.69) is 31.2 Å². The first-order valence-electron chi connectivity index (χ1n) is 3.75. The van der Waals surface area contributed by atoms with Gasteiger partial charge in [-0.2, -0.15) is 0 Å². The Morgan fingerprint density at radius 2 is 2.46 bits per heavy atom. The number of rotatable bonds is 4. The molecule has 1 heterocycles. The number of anilines is 2. The molecule has 3 N–H and O–H groups in total. The van der Waals surface area contributed by atoms with Gasteiger partial charge >= 0.3 is 0 Å². The molecule has 0 bridgehead atoms. The summed E-state index contributed by atoms with van der Waals surface area (Å²) in [5.74, 6) is 0.964. The van der Waals surface area contributed by atoms with Crippen LogP contribution in [0.3, 0.4) is 0 Å². The zero-order valence-corrected chi connectivity index (χ0v) is 8.84. The molecule has 0 saturated carbocycles. The summed E-state index contributed by atoms with van der Waals surface area (Å²) >= 11 is 3.20. The lowest BCUT2D eigenvalue weighted by Crippen LogP contribution is -2.11. The van der Waals surface area contributed by atoms with E-state index in [0.717, 1.165) is 0 Å². The second kappa shape index (κ2) is 4.98. The van der Waals surface area contributed by atoms with Crippen LogP contribution in [0.25, 0.3) is 0 Å². The van der Waals surface area contributed by atoms with Crippen molar-refractivity contribution in [3.05, 3.63) is 10.8 Å². The lowest BCUT2D eigenvalue weighted by atomic mass is 10.5. The average molecular weight is 247 g/mol. The second-order valence-corrected chi connectivity index (χ2v) is 3.16. The van der Waals surface area contributed by atoms with Crippen molar-refractivity contribution in [1.29, 1.82) is 0 Å². The predicted octanol–water partition coefficient (Wildman–Crippen LogP) is 0.880. The normalized spacial score (nSPS) is 10.0. The highest BCUT2D eigenvalue weighted by Gasteiger charge is 2.01. The van der Waals surface area contributed by atoms with Crippen molar-refractivity contribution in [2.45, 2.75) is 0 Å². The molecule has 1 rings (SSSR count). The van der Waals surface area contributed by atoms with Gasteiger partial charge in [0.1, 0.15) is 4.60 Å². The molecule has 0 aliphatic carbocycles. The molecular formula is C7H11BrN4O. The highest BCUT2D eigenvalue weighted by Crippen LogP contribution is 2.14. The minimum atomic E-state index is 0.388. The van der Waals surface area contributed by atoms with Crippen LogP contribution in [0.1, 0.15) is 0 Å². The molecule has 0 amide bonds. The Hall–Kier alpha value is -0.880. The molecule has 72 valence electrons.